The minimum atomic E-state index is -0.379. The lowest BCUT2D eigenvalue weighted by Gasteiger charge is -2.11. The second-order valence-corrected chi connectivity index (χ2v) is 8.32. The normalized spacial score (nSPS) is 10.8. The fraction of sp³-hybridized carbons (Fsp3) is 0.0385. The van der Waals surface area contributed by atoms with Gasteiger partial charge in [0.15, 0.2) is 5.82 Å². The van der Waals surface area contributed by atoms with Crippen molar-refractivity contribution < 1.29 is 0 Å². The Kier molecular flexibility index (Phi) is 5.35. The Balaban J connectivity index is 1.63. The fourth-order valence-electron chi connectivity index (χ4n) is 3.44. The maximum absolute atomic E-state index is 13.1. The molecular weight excluding hydrogens is 416 g/mol. The number of thiazole rings is 1. The second-order valence-electron chi connectivity index (χ2n) is 7.32. The molecule has 0 spiro atoms. The molecule has 0 unspecified atom stereocenters. The van der Waals surface area contributed by atoms with Gasteiger partial charge < -0.3 is 5.32 Å². The van der Waals surface area contributed by atoms with Gasteiger partial charge in [-0.2, -0.15) is 4.98 Å². The first-order chi connectivity index (χ1) is 15.7. The van der Waals surface area contributed by atoms with Gasteiger partial charge in [-0.25, -0.2) is 14.3 Å². The summed E-state index contributed by atoms with van der Waals surface area (Å²) in [4.78, 5) is 23.2. The summed E-state index contributed by atoms with van der Waals surface area (Å²) >= 11 is 1.57. The van der Waals surface area contributed by atoms with E-state index in [1.807, 2.05) is 97.9 Å². The predicted octanol–water partition coefficient (Wildman–Crippen LogP) is 6.08. The number of rotatable bonds is 5. The van der Waals surface area contributed by atoms with Gasteiger partial charge in [0, 0.05) is 23.0 Å². The zero-order valence-electron chi connectivity index (χ0n) is 17.4. The molecule has 0 aliphatic rings. The summed E-state index contributed by atoms with van der Waals surface area (Å²) in [5, 5.41) is 4.08. The van der Waals surface area contributed by atoms with E-state index in [1.165, 1.54) is 4.57 Å². The molecule has 0 bridgehead atoms. The molecule has 0 aliphatic heterocycles. The average Bonchev–Trinajstić information content (AvgIpc) is 3.28. The minimum absolute atomic E-state index is 0.379. The Hall–Kier alpha value is -4.03. The fourth-order valence-corrected chi connectivity index (χ4v) is 4.51. The number of nitrogens with zero attached hydrogens (tertiary/aromatic N) is 3. The molecule has 156 valence electrons. The molecule has 0 amide bonds. The number of para-hydroxylation sites is 1. The van der Waals surface area contributed by atoms with Gasteiger partial charge in [-0.15, -0.1) is 11.3 Å². The number of aryl methyl sites for hydroxylation is 1. The van der Waals surface area contributed by atoms with Gasteiger partial charge in [-0.3, -0.25) is 0 Å². The van der Waals surface area contributed by atoms with Crippen LogP contribution in [0.2, 0.25) is 0 Å². The third-order valence-corrected chi connectivity index (χ3v) is 6.18. The molecule has 3 aromatic carbocycles. The van der Waals surface area contributed by atoms with Gasteiger partial charge in [0.05, 0.1) is 4.88 Å². The van der Waals surface area contributed by atoms with Crippen LogP contribution in [0.5, 0.6) is 0 Å². The van der Waals surface area contributed by atoms with Crippen LogP contribution in [0.3, 0.4) is 0 Å². The van der Waals surface area contributed by atoms with Gasteiger partial charge in [-0.05, 0) is 24.6 Å². The molecule has 2 aromatic heterocycles. The van der Waals surface area contributed by atoms with E-state index >= 15 is 0 Å². The summed E-state index contributed by atoms with van der Waals surface area (Å²) in [5.41, 5.74) is 3.38. The Labute approximate surface area is 189 Å². The highest BCUT2D eigenvalue weighted by Crippen LogP contribution is 2.37. The maximum atomic E-state index is 13.1. The molecule has 5 aromatic rings. The molecule has 32 heavy (non-hydrogen) atoms. The zero-order valence-corrected chi connectivity index (χ0v) is 18.2. The highest BCUT2D eigenvalue weighted by molar-refractivity contribution is 7.18. The van der Waals surface area contributed by atoms with Crippen LogP contribution in [0.15, 0.2) is 102 Å². The lowest BCUT2D eigenvalue weighted by atomic mass is 10.2. The van der Waals surface area contributed by atoms with E-state index in [2.05, 4.69) is 10.3 Å². The summed E-state index contributed by atoms with van der Waals surface area (Å²) in [5.74, 6) is 1.13. The third-order valence-electron chi connectivity index (χ3n) is 5.04. The van der Waals surface area contributed by atoms with Crippen LogP contribution in [0.1, 0.15) is 5.56 Å². The first-order valence-electron chi connectivity index (χ1n) is 10.2. The highest BCUT2D eigenvalue weighted by atomic mass is 32.1. The Morgan fingerprint density at radius 2 is 1.38 bits per heavy atom. The topological polar surface area (TPSA) is 59.8 Å². The molecule has 2 heterocycles. The number of aromatic nitrogens is 3. The number of hydrogen-bond donors (Lipinski definition) is 1. The van der Waals surface area contributed by atoms with Crippen molar-refractivity contribution in [2.24, 2.45) is 0 Å². The number of anilines is 2. The first kappa shape index (κ1) is 19.9. The molecule has 0 radical (unpaired) electrons. The van der Waals surface area contributed by atoms with E-state index in [4.69, 9.17) is 4.98 Å². The summed E-state index contributed by atoms with van der Waals surface area (Å²) in [6, 6.07) is 29.7. The molecule has 0 atom stereocenters. The summed E-state index contributed by atoms with van der Waals surface area (Å²) in [7, 11) is 0. The largest absolute Gasteiger partial charge is 0.355 e. The van der Waals surface area contributed by atoms with Crippen LogP contribution in [-0.4, -0.2) is 14.5 Å². The van der Waals surface area contributed by atoms with Crippen LogP contribution in [0.4, 0.5) is 11.5 Å². The van der Waals surface area contributed by atoms with Crippen molar-refractivity contribution in [1.29, 1.82) is 0 Å². The van der Waals surface area contributed by atoms with Gasteiger partial charge in [-0.1, -0.05) is 78.9 Å². The minimum Gasteiger partial charge on any atom is -0.340 e. The van der Waals surface area contributed by atoms with E-state index in [9.17, 15) is 4.79 Å². The lowest BCUT2D eigenvalue weighted by molar-refractivity contribution is 0.884. The molecule has 1 N–H and O–H groups in total. The van der Waals surface area contributed by atoms with Crippen molar-refractivity contribution in [3.8, 4) is 26.8 Å². The summed E-state index contributed by atoms with van der Waals surface area (Å²) < 4.78 is 1.54. The average molecular weight is 437 g/mol. The highest BCUT2D eigenvalue weighted by Gasteiger charge is 2.18. The van der Waals surface area contributed by atoms with E-state index in [0.717, 1.165) is 32.3 Å². The van der Waals surface area contributed by atoms with E-state index in [0.29, 0.717) is 11.6 Å². The molecule has 5 rings (SSSR count). The van der Waals surface area contributed by atoms with Gasteiger partial charge in [0.25, 0.3) is 0 Å². The number of nitrogens with one attached hydrogen (secondary N) is 1. The van der Waals surface area contributed by atoms with Crippen LogP contribution in [-0.2, 0) is 0 Å². The van der Waals surface area contributed by atoms with Crippen LogP contribution in [0, 0.1) is 6.92 Å². The van der Waals surface area contributed by atoms with Gasteiger partial charge in [0.1, 0.15) is 10.8 Å². The van der Waals surface area contributed by atoms with Crippen molar-refractivity contribution in [2.75, 3.05) is 5.32 Å². The monoisotopic (exact) mass is 436 g/mol. The Morgan fingerprint density at radius 1 is 0.781 bits per heavy atom. The number of hydrogen-bond acceptors (Lipinski definition) is 5. The summed E-state index contributed by atoms with van der Waals surface area (Å²) in [6.07, 6.45) is 1.80. The zero-order chi connectivity index (χ0) is 21.9. The quantitative estimate of drug-likeness (QED) is 0.363. The molecule has 0 fully saturated rings. The smallest absolute Gasteiger partial charge is 0.340 e. The second kappa shape index (κ2) is 8.61. The predicted molar refractivity (Wildman–Crippen MR) is 131 cm³/mol. The standard InChI is InChI=1S/C26H20N4OS/c1-18-17-30(26(31)28-23(18)27-21-15-9-4-10-16-21)24-22(19-11-5-2-6-12-19)32-25(29-24)20-13-7-3-8-14-20/h2-17H,1H3,(H,27,28,31). The van der Waals surface area contributed by atoms with E-state index in [1.54, 1.807) is 17.5 Å². The molecular formula is C26H20N4OS. The van der Waals surface area contributed by atoms with Gasteiger partial charge in [0.2, 0.25) is 0 Å². The molecule has 0 saturated carbocycles. The molecule has 0 saturated heterocycles. The van der Waals surface area contributed by atoms with Crippen LogP contribution in [0.25, 0.3) is 26.8 Å². The maximum Gasteiger partial charge on any atom is 0.355 e. The van der Waals surface area contributed by atoms with Crippen molar-refractivity contribution in [1.82, 2.24) is 14.5 Å². The summed E-state index contributed by atoms with van der Waals surface area (Å²) in [6.45, 7) is 1.93. The molecule has 5 nitrogen and oxygen atoms in total. The first-order valence-corrected chi connectivity index (χ1v) is 11.0. The molecule has 0 aliphatic carbocycles. The van der Waals surface area contributed by atoms with Crippen LogP contribution < -0.4 is 11.0 Å². The van der Waals surface area contributed by atoms with Gasteiger partial charge >= 0.3 is 5.69 Å². The SMILES string of the molecule is Cc1cn(-c2nc(-c3ccccc3)sc2-c2ccccc2)c(=O)nc1Nc1ccccc1. The Bertz CT molecular complexity index is 1410. The Morgan fingerprint density at radius 3 is 2.03 bits per heavy atom. The van der Waals surface area contributed by atoms with Crippen molar-refractivity contribution in [2.45, 2.75) is 6.92 Å². The lowest BCUT2D eigenvalue weighted by Crippen LogP contribution is -2.23. The number of benzene rings is 3. The van der Waals surface area contributed by atoms with Crippen molar-refractivity contribution in [3.63, 3.8) is 0 Å². The van der Waals surface area contributed by atoms with Crippen LogP contribution >= 0.6 is 11.3 Å². The van der Waals surface area contributed by atoms with E-state index in [-0.39, 0.29) is 5.69 Å². The van der Waals surface area contributed by atoms with E-state index < -0.39 is 0 Å². The van der Waals surface area contributed by atoms with Crippen molar-refractivity contribution >= 4 is 22.8 Å². The molecule has 6 heteroatoms. The van der Waals surface area contributed by atoms with Crippen molar-refractivity contribution in [3.05, 3.63) is 113 Å². The third kappa shape index (κ3) is 3.96.